The molecule has 1 aromatic heterocycles. The van der Waals surface area contributed by atoms with E-state index in [1.165, 1.54) is 23.5 Å². The molecule has 0 aliphatic heterocycles. The van der Waals surface area contributed by atoms with E-state index in [1.54, 1.807) is 19.2 Å². The maximum Gasteiger partial charge on any atom is 0.129 e. The van der Waals surface area contributed by atoms with Gasteiger partial charge in [0.25, 0.3) is 0 Å². The summed E-state index contributed by atoms with van der Waals surface area (Å²) < 4.78 is 17.8. The van der Waals surface area contributed by atoms with Gasteiger partial charge in [0, 0.05) is 10.3 Å². The van der Waals surface area contributed by atoms with E-state index in [1.807, 2.05) is 11.4 Å². The molecule has 0 aliphatic rings. The molecule has 4 heteroatoms. The molecule has 2 N–H and O–H groups in total. The molecule has 16 heavy (non-hydrogen) atoms. The van der Waals surface area contributed by atoms with Crippen LogP contribution in [-0.2, 0) is 0 Å². The summed E-state index contributed by atoms with van der Waals surface area (Å²) in [5, 5.41) is 1.90. The predicted molar refractivity (Wildman–Crippen MR) is 63.3 cm³/mol. The van der Waals surface area contributed by atoms with Gasteiger partial charge in [-0.05, 0) is 23.8 Å². The largest absolute Gasteiger partial charge is 0.496 e. The lowest BCUT2D eigenvalue weighted by Crippen LogP contribution is -2.09. The molecule has 0 spiro atoms. The third kappa shape index (κ3) is 2.23. The molecule has 0 saturated carbocycles. The molecular weight excluding hydrogens is 225 g/mol. The molecule has 1 aromatic carbocycles. The van der Waals surface area contributed by atoms with Gasteiger partial charge >= 0.3 is 0 Å². The van der Waals surface area contributed by atoms with Gasteiger partial charge in [-0.3, -0.25) is 0 Å². The number of nitrogens with two attached hydrogens (primary N) is 1. The Bertz CT molecular complexity index is 466. The van der Waals surface area contributed by atoms with Gasteiger partial charge in [-0.2, -0.15) is 0 Å². The van der Waals surface area contributed by atoms with Crippen molar-refractivity contribution in [1.82, 2.24) is 0 Å². The summed E-state index contributed by atoms with van der Waals surface area (Å²) >= 11 is 1.54. The monoisotopic (exact) mass is 237 g/mol. The van der Waals surface area contributed by atoms with Crippen LogP contribution in [0.1, 0.15) is 16.5 Å². The Balaban J connectivity index is 2.24. The first kappa shape index (κ1) is 11.1. The third-order valence-corrected chi connectivity index (χ3v) is 3.36. The lowest BCUT2D eigenvalue weighted by Gasteiger charge is -2.09. The van der Waals surface area contributed by atoms with Crippen LogP contribution in [0.25, 0.3) is 0 Å². The molecular formula is C12H12FNOS. The second-order valence-corrected chi connectivity index (χ2v) is 4.36. The van der Waals surface area contributed by atoms with Crippen molar-refractivity contribution in [3.05, 3.63) is 52.0 Å². The summed E-state index contributed by atoms with van der Waals surface area (Å²) in [6, 6.07) is 7.91. The first-order valence-electron chi connectivity index (χ1n) is 4.84. The fourth-order valence-corrected chi connectivity index (χ4v) is 2.32. The molecule has 2 nitrogen and oxygen atoms in total. The third-order valence-electron chi connectivity index (χ3n) is 2.37. The first-order valence-corrected chi connectivity index (χ1v) is 5.72. The second-order valence-electron chi connectivity index (χ2n) is 3.42. The van der Waals surface area contributed by atoms with E-state index < -0.39 is 0 Å². The van der Waals surface area contributed by atoms with Crippen LogP contribution in [-0.4, -0.2) is 7.11 Å². The van der Waals surface area contributed by atoms with E-state index in [2.05, 4.69) is 0 Å². The Morgan fingerprint density at radius 1 is 1.31 bits per heavy atom. The normalized spacial score (nSPS) is 12.4. The molecule has 0 aliphatic carbocycles. The maximum atomic E-state index is 12.8. The molecule has 2 aromatic rings. The molecule has 0 saturated heterocycles. The SMILES string of the molecule is COc1csc(C(N)c2ccc(F)cc2)c1. The average Bonchev–Trinajstić information content (AvgIpc) is 2.77. The van der Waals surface area contributed by atoms with Gasteiger partial charge in [0.15, 0.2) is 0 Å². The number of thiophene rings is 1. The van der Waals surface area contributed by atoms with Gasteiger partial charge in [-0.25, -0.2) is 4.39 Å². The van der Waals surface area contributed by atoms with Crippen molar-refractivity contribution in [2.75, 3.05) is 7.11 Å². The quantitative estimate of drug-likeness (QED) is 0.890. The molecule has 1 unspecified atom stereocenters. The zero-order valence-electron chi connectivity index (χ0n) is 8.81. The van der Waals surface area contributed by atoms with E-state index in [0.717, 1.165) is 16.2 Å². The number of rotatable bonds is 3. The number of benzene rings is 1. The Morgan fingerprint density at radius 2 is 2.00 bits per heavy atom. The first-order chi connectivity index (χ1) is 7.70. The van der Waals surface area contributed by atoms with Crippen molar-refractivity contribution in [3.63, 3.8) is 0 Å². The topological polar surface area (TPSA) is 35.2 Å². The summed E-state index contributed by atoms with van der Waals surface area (Å²) in [7, 11) is 1.62. The Morgan fingerprint density at radius 3 is 2.56 bits per heavy atom. The minimum absolute atomic E-state index is 0.227. The molecule has 0 radical (unpaired) electrons. The van der Waals surface area contributed by atoms with Crippen LogP contribution in [0.5, 0.6) is 5.75 Å². The van der Waals surface area contributed by atoms with Crippen LogP contribution in [0, 0.1) is 5.82 Å². The highest BCUT2D eigenvalue weighted by atomic mass is 32.1. The Hall–Kier alpha value is -1.39. The average molecular weight is 237 g/mol. The van der Waals surface area contributed by atoms with Gasteiger partial charge in [0.05, 0.1) is 13.2 Å². The molecule has 84 valence electrons. The van der Waals surface area contributed by atoms with Crippen molar-refractivity contribution in [2.45, 2.75) is 6.04 Å². The molecule has 1 heterocycles. The smallest absolute Gasteiger partial charge is 0.129 e. The molecule has 0 bridgehead atoms. The van der Waals surface area contributed by atoms with Crippen LogP contribution in [0.4, 0.5) is 4.39 Å². The van der Waals surface area contributed by atoms with Crippen LogP contribution in [0.15, 0.2) is 35.7 Å². The van der Waals surface area contributed by atoms with E-state index in [0.29, 0.717) is 0 Å². The maximum absolute atomic E-state index is 12.8. The van der Waals surface area contributed by atoms with Crippen LogP contribution in [0.2, 0.25) is 0 Å². The fraction of sp³-hybridized carbons (Fsp3) is 0.167. The van der Waals surface area contributed by atoms with Crippen molar-refractivity contribution in [3.8, 4) is 5.75 Å². The number of ether oxygens (including phenoxy) is 1. The molecule has 2 rings (SSSR count). The summed E-state index contributed by atoms with van der Waals surface area (Å²) in [6.07, 6.45) is 0. The van der Waals surface area contributed by atoms with Crippen LogP contribution < -0.4 is 10.5 Å². The fourth-order valence-electron chi connectivity index (χ4n) is 1.44. The number of halogens is 1. The van der Waals surface area contributed by atoms with E-state index >= 15 is 0 Å². The highest BCUT2D eigenvalue weighted by molar-refractivity contribution is 7.10. The summed E-state index contributed by atoms with van der Waals surface area (Å²) in [6.45, 7) is 0. The minimum atomic E-state index is -0.250. The number of methoxy groups -OCH3 is 1. The van der Waals surface area contributed by atoms with Crippen molar-refractivity contribution >= 4 is 11.3 Å². The van der Waals surface area contributed by atoms with E-state index in [9.17, 15) is 4.39 Å². The standard InChI is InChI=1S/C12H12FNOS/c1-15-10-6-11(16-7-10)12(14)8-2-4-9(13)5-3-8/h2-7,12H,14H2,1H3. The van der Waals surface area contributed by atoms with E-state index in [-0.39, 0.29) is 11.9 Å². The Kier molecular flexibility index (Phi) is 3.22. The van der Waals surface area contributed by atoms with Crippen LogP contribution >= 0.6 is 11.3 Å². The summed E-state index contributed by atoms with van der Waals surface area (Å²) in [5.74, 6) is 0.553. The van der Waals surface area contributed by atoms with Gasteiger partial charge in [0.2, 0.25) is 0 Å². The van der Waals surface area contributed by atoms with E-state index in [4.69, 9.17) is 10.5 Å². The lowest BCUT2D eigenvalue weighted by atomic mass is 10.1. The molecule has 0 fully saturated rings. The minimum Gasteiger partial charge on any atom is -0.496 e. The molecule has 1 atom stereocenters. The number of hydrogen-bond acceptors (Lipinski definition) is 3. The van der Waals surface area contributed by atoms with Gasteiger partial charge in [-0.15, -0.1) is 11.3 Å². The highest BCUT2D eigenvalue weighted by Crippen LogP contribution is 2.29. The van der Waals surface area contributed by atoms with Gasteiger partial charge in [0.1, 0.15) is 11.6 Å². The number of hydrogen-bond donors (Lipinski definition) is 1. The zero-order valence-corrected chi connectivity index (χ0v) is 9.63. The lowest BCUT2D eigenvalue weighted by molar-refractivity contribution is 0.416. The zero-order chi connectivity index (χ0) is 11.5. The highest BCUT2D eigenvalue weighted by Gasteiger charge is 2.11. The Labute approximate surface area is 97.5 Å². The second kappa shape index (κ2) is 4.63. The van der Waals surface area contributed by atoms with Gasteiger partial charge < -0.3 is 10.5 Å². The van der Waals surface area contributed by atoms with Gasteiger partial charge in [-0.1, -0.05) is 12.1 Å². The predicted octanol–water partition coefficient (Wildman–Crippen LogP) is 2.94. The van der Waals surface area contributed by atoms with Crippen LogP contribution in [0.3, 0.4) is 0 Å². The molecule has 0 amide bonds. The van der Waals surface area contributed by atoms with Crippen molar-refractivity contribution in [1.29, 1.82) is 0 Å². The van der Waals surface area contributed by atoms with Crippen molar-refractivity contribution < 1.29 is 9.13 Å². The summed E-state index contributed by atoms with van der Waals surface area (Å²) in [4.78, 5) is 1.00. The van der Waals surface area contributed by atoms with Crippen molar-refractivity contribution in [2.24, 2.45) is 5.73 Å². The summed E-state index contributed by atoms with van der Waals surface area (Å²) in [5.41, 5.74) is 6.96.